The van der Waals surface area contributed by atoms with E-state index in [1.807, 2.05) is 60.7 Å². The van der Waals surface area contributed by atoms with Gasteiger partial charge in [-0.3, -0.25) is 14.1 Å². The molecular weight excluding hydrogens is 612 g/mol. The number of hydrogen-bond donors (Lipinski definition) is 3. The molecule has 10 heteroatoms. The summed E-state index contributed by atoms with van der Waals surface area (Å²) in [5.74, 6) is -0.828. The molecule has 1 atom stereocenters. The van der Waals surface area contributed by atoms with Crippen LogP contribution in [0.15, 0.2) is 101 Å². The van der Waals surface area contributed by atoms with Crippen molar-refractivity contribution in [2.75, 3.05) is 17.6 Å². The summed E-state index contributed by atoms with van der Waals surface area (Å²) in [5, 5.41) is 6.83. The number of furan rings is 1. The summed E-state index contributed by atoms with van der Waals surface area (Å²) in [4.78, 5) is 26.2. The first-order chi connectivity index (χ1) is 21.5. The first kappa shape index (κ1) is 32.0. The molecule has 0 saturated heterocycles. The van der Waals surface area contributed by atoms with Crippen LogP contribution in [0.2, 0.25) is 5.02 Å². The summed E-state index contributed by atoms with van der Waals surface area (Å²) in [7, 11) is -4.18. The van der Waals surface area contributed by atoms with E-state index < -0.39 is 27.7 Å². The predicted octanol–water partition coefficient (Wildman–Crippen LogP) is 7.46. The van der Waals surface area contributed by atoms with Crippen molar-refractivity contribution in [1.82, 2.24) is 5.32 Å². The lowest BCUT2D eigenvalue weighted by molar-refractivity contribution is -0.117. The Labute approximate surface area is 267 Å². The van der Waals surface area contributed by atoms with Crippen molar-refractivity contribution in [3.8, 4) is 11.3 Å². The second kappa shape index (κ2) is 13.7. The van der Waals surface area contributed by atoms with E-state index in [4.69, 9.17) is 20.6 Å². The minimum absolute atomic E-state index is 0.212. The largest absolute Gasteiger partial charge is 0.456 e. The number of fused-ring (bicyclic) bond motifs is 1. The van der Waals surface area contributed by atoms with E-state index in [-0.39, 0.29) is 12.5 Å². The maximum Gasteiger partial charge on any atom is 0.266 e. The number of carbonyl (C=O) groups excluding carboxylic acids is 2. The highest BCUT2D eigenvalue weighted by Gasteiger charge is 2.23. The molecule has 0 aliphatic heterocycles. The van der Waals surface area contributed by atoms with Crippen LogP contribution in [-0.4, -0.2) is 37.1 Å². The molecule has 2 amide bonds. The zero-order chi connectivity index (χ0) is 32.1. The predicted molar refractivity (Wildman–Crippen MR) is 177 cm³/mol. The number of benzene rings is 4. The third kappa shape index (κ3) is 8.19. The van der Waals surface area contributed by atoms with E-state index in [2.05, 4.69) is 24.5 Å². The van der Waals surface area contributed by atoms with Gasteiger partial charge in [-0.1, -0.05) is 80.0 Å². The fourth-order valence-corrected chi connectivity index (χ4v) is 5.60. The first-order valence-electron chi connectivity index (χ1n) is 14.5. The van der Waals surface area contributed by atoms with E-state index in [9.17, 15) is 18.0 Å². The molecule has 8 nitrogen and oxygen atoms in total. The lowest BCUT2D eigenvalue weighted by Crippen LogP contribution is -2.28. The number of carbonyl (C=O) groups is 2. The summed E-state index contributed by atoms with van der Waals surface area (Å²) in [5.41, 5.74) is 5.18. The van der Waals surface area contributed by atoms with E-state index >= 15 is 0 Å². The minimum Gasteiger partial charge on any atom is -0.456 e. The molecule has 0 saturated carbocycles. The Kier molecular flexibility index (Phi) is 9.72. The van der Waals surface area contributed by atoms with E-state index in [0.717, 1.165) is 33.2 Å². The lowest BCUT2D eigenvalue weighted by atomic mass is 9.89. The summed E-state index contributed by atoms with van der Waals surface area (Å²) < 4.78 is 36.7. The van der Waals surface area contributed by atoms with Gasteiger partial charge < -0.3 is 15.1 Å². The van der Waals surface area contributed by atoms with Gasteiger partial charge in [0, 0.05) is 23.1 Å². The molecule has 4 aromatic carbocycles. The van der Waals surface area contributed by atoms with Crippen LogP contribution in [0.3, 0.4) is 0 Å². The average Bonchev–Trinajstić information content (AvgIpc) is 3.45. The number of halogens is 1. The van der Waals surface area contributed by atoms with Crippen LogP contribution in [0.4, 0.5) is 5.69 Å². The highest BCUT2D eigenvalue weighted by molar-refractivity contribution is 7.85. The molecule has 0 spiro atoms. The fourth-order valence-electron chi connectivity index (χ4n) is 5.01. The Balaban J connectivity index is 1.34. The first-order valence-corrected chi connectivity index (χ1v) is 16.5. The van der Waals surface area contributed by atoms with Gasteiger partial charge in [0.2, 0.25) is 5.91 Å². The molecule has 0 fully saturated rings. The summed E-state index contributed by atoms with van der Waals surface area (Å²) in [6.45, 7) is 4.00. The van der Waals surface area contributed by atoms with E-state index in [0.29, 0.717) is 34.4 Å². The van der Waals surface area contributed by atoms with Gasteiger partial charge in [-0.2, -0.15) is 8.42 Å². The van der Waals surface area contributed by atoms with E-state index in [1.165, 1.54) is 0 Å². The van der Waals surface area contributed by atoms with Crippen molar-refractivity contribution in [2.24, 2.45) is 0 Å². The monoisotopic (exact) mass is 644 g/mol. The smallest absolute Gasteiger partial charge is 0.266 e. The van der Waals surface area contributed by atoms with Gasteiger partial charge in [-0.05, 0) is 71.5 Å². The van der Waals surface area contributed by atoms with Crippen LogP contribution >= 0.6 is 11.6 Å². The standard InChI is InChI=1S/C35H33ClN2O6S/c1-22(2)24-11-13-25(14-12-24)29(19-23-7-9-26(10-8-23)34(39)37-17-18-45(41,42)43)35(40)38-31-16-15-28(20-30(31)36)33-21-27-5-3-4-6-32(27)44-33/h3-16,20-22,29H,17-19H2,1-2H3,(H,37,39)(H,38,40)(H,41,42,43). The molecule has 0 radical (unpaired) electrons. The molecular formula is C35H33ClN2O6S. The van der Waals surface area contributed by atoms with Crippen LogP contribution in [0, 0.1) is 0 Å². The van der Waals surface area contributed by atoms with Gasteiger partial charge in [0.05, 0.1) is 22.4 Å². The topological polar surface area (TPSA) is 126 Å². The average molecular weight is 645 g/mol. The van der Waals surface area contributed by atoms with Crippen LogP contribution in [-0.2, 0) is 21.3 Å². The van der Waals surface area contributed by atoms with Crippen molar-refractivity contribution in [2.45, 2.75) is 32.1 Å². The maximum atomic E-state index is 13.8. The summed E-state index contributed by atoms with van der Waals surface area (Å²) >= 11 is 6.66. The van der Waals surface area contributed by atoms with Gasteiger partial charge in [0.25, 0.3) is 16.0 Å². The number of nitrogens with one attached hydrogen (secondary N) is 2. The number of anilines is 1. The van der Waals surface area contributed by atoms with E-state index in [1.54, 1.807) is 36.4 Å². The van der Waals surface area contributed by atoms with Crippen molar-refractivity contribution >= 4 is 50.2 Å². The SMILES string of the molecule is CC(C)c1ccc(C(Cc2ccc(C(=O)NCCS(=O)(=O)O)cc2)C(=O)Nc2ccc(-c3cc4ccccc4o3)cc2Cl)cc1. The second-order valence-electron chi connectivity index (χ2n) is 11.1. The molecule has 0 bridgehead atoms. The number of rotatable bonds is 11. The van der Waals surface area contributed by atoms with Crippen molar-refractivity contribution in [3.63, 3.8) is 0 Å². The van der Waals surface area contributed by atoms with Crippen LogP contribution in [0.5, 0.6) is 0 Å². The molecule has 5 aromatic rings. The number of hydrogen-bond acceptors (Lipinski definition) is 5. The number of para-hydroxylation sites is 1. The van der Waals surface area contributed by atoms with Crippen LogP contribution < -0.4 is 10.6 Å². The van der Waals surface area contributed by atoms with Crippen molar-refractivity contribution in [1.29, 1.82) is 0 Å². The molecule has 232 valence electrons. The zero-order valence-electron chi connectivity index (χ0n) is 24.8. The van der Waals surface area contributed by atoms with Gasteiger partial charge >= 0.3 is 0 Å². The summed E-state index contributed by atoms with van der Waals surface area (Å²) in [6, 6.07) is 29.8. The molecule has 45 heavy (non-hydrogen) atoms. The maximum absolute atomic E-state index is 13.8. The molecule has 5 rings (SSSR count). The third-order valence-electron chi connectivity index (χ3n) is 7.56. The van der Waals surface area contributed by atoms with Gasteiger partial charge in [0.1, 0.15) is 11.3 Å². The highest BCUT2D eigenvalue weighted by atomic mass is 35.5. The molecule has 1 aromatic heterocycles. The van der Waals surface area contributed by atoms with Crippen molar-refractivity contribution < 1.29 is 27.0 Å². The Hall–Kier alpha value is -4.44. The van der Waals surface area contributed by atoms with Crippen molar-refractivity contribution in [3.05, 3.63) is 124 Å². The Morgan fingerprint density at radius 3 is 2.22 bits per heavy atom. The van der Waals surface area contributed by atoms with Crippen LogP contribution in [0.25, 0.3) is 22.3 Å². The quantitative estimate of drug-likeness (QED) is 0.128. The Morgan fingerprint density at radius 1 is 0.889 bits per heavy atom. The van der Waals surface area contributed by atoms with Gasteiger partial charge in [0.15, 0.2) is 0 Å². The molecule has 1 heterocycles. The van der Waals surface area contributed by atoms with Crippen LogP contribution in [0.1, 0.15) is 52.7 Å². The molecule has 3 N–H and O–H groups in total. The lowest BCUT2D eigenvalue weighted by Gasteiger charge is -2.19. The highest BCUT2D eigenvalue weighted by Crippen LogP contribution is 2.33. The van der Waals surface area contributed by atoms with Gasteiger partial charge in [-0.15, -0.1) is 0 Å². The number of amides is 2. The second-order valence-corrected chi connectivity index (χ2v) is 13.1. The molecule has 1 unspecified atom stereocenters. The Morgan fingerprint density at radius 2 is 1.58 bits per heavy atom. The fraction of sp³-hybridized carbons (Fsp3) is 0.200. The van der Waals surface area contributed by atoms with Gasteiger partial charge in [-0.25, -0.2) is 0 Å². The third-order valence-corrected chi connectivity index (χ3v) is 8.59. The summed E-state index contributed by atoms with van der Waals surface area (Å²) in [6.07, 6.45) is 0.353. The molecule has 0 aliphatic rings. The molecule has 0 aliphatic carbocycles. The normalized spacial score (nSPS) is 12.3. The zero-order valence-corrected chi connectivity index (χ0v) is 26.4. The Bertz CT molecular complexity index is 1900. The minimum atomic E-state index is -4.18.